The number of carbonyl (C=O) groups excluding carboxylic acids is 1. The molecule has 0 bridgehead atoms. The fourth-order valence-corrected chi connectivity index (χ4v) is 4.54. The van der Waals surface area contributed by atoms with Gasteiger partial charge in [0.1, 0.15) is 11.3 Å². The van der Waals surface area contributed by atoms with E-state index in [2.05, 4.69) is 22.4 Å². The number of hydrogen-bond donors (Lipinski definition) is 1. The number of oxazole rings is 1. The number of carbonyl (C=O) groups is 1. The number of thioether (sulfide) groups is 1. The van der Waals surface area contributed by atoms with Crippen molar-refractivity contribution in [3.8, 4) is 0 Å². The minimum Gasteiger partial charge on any atom is -0.455 e. The molecule has 170 valence electrons. The Balaban J connectivity index is 1.26. The summed E-state index contributed by atoms with van der Waals surface area (Å²) < 4.78 is 11.6. The van der Waals surface area contributed by atoms with Crippen LogP contribution in [0.4, 0.5) is 0 Å². The summed E-state index contributed by atoms with van der Waals surface area (Å²) in [6.07, 6.45) is 0.692. The SMILES string of the molecule is Cc1ccc2oc(SCc3ccc(C(=O)NC(Cc4ccccc4)c4ccccc4)o3)nc2c1. The van der Waals surface area contributed by atoms with Crippen molar-refractivity contribution in [2.75, 3.05) is 0 Å². The first-order chi connectivity index (χ1) is 16.6. The van der Waals surface area contributed by atoms with Crippen LogP contribution < -0.4 is 5.32 Å². The summed E-state index contributed by atoms with van der Waals surface area (Å²) in [5, 5.41) is 3.72. The Labute approximate surface area is 202 Å². The van der Waals surface area contributed by atoms with Crippen molar-refractivity contribution >= 4 is 28.8 Å². The molecule has 5 nitrogen and oxygen atoms in total. The molecule has 1 unspecified atom stereocenters. The zero-order valence-corrected chi connectivity index (χ0v) is 19.5. The molecule has 0 aliphatic rings. The number of amides is 1. The number of hydrogen-bond acceptors (Lipinski definition) is 5. The molecule has 0 spiro atoms. The van der Waals surface area contributed by atoms with Crippen LogP contribution in [0.2, 0.25) is 0 Å². The third-order valence-corrected chi connectivity index (χ3v) is 6.39. The highest BCUT2D eigenvalue weighted by atomic mass is 32.2. The standard InChI is InChI=1S/C28H24N2O3S/c1-19-12-14-25-24(16-19)30-28(33-25)34-18-22-13-15-26(32-22)27(31)29-23(21-10-6-3-7-11-21)17-20-8-4-2-5-9-20/h2-16,23H,17-18H2,1H3,(H,29,31). The first kappa shape index (κ1) is 22.0. The molecule has 0 saturated heterocycles. The molecular formula is C28H24N2O3S. The van der Waals surface area contributed by atoms with Gasteiger partial charge in [0, 0.05) is 0 Å². The van der Waals surface area contributed by atoms with Gasteiger partial charge in [-0.2, -0.15) is 0 Å². The lowest BCUT2D eigenvalue weighted by atomic mass is 9.99. The zero-order chi connectivity index (χ0) is 23.3. The van der Waals surface area contributed by atoms with Crippen LogP contribution in [0.1, 0.15) is 39.0 Å². The molecule has 1 atom stereocenters. The van der Waals surface area contributed by atoms with E-state index in [4.69, 9.17) is 8.83 Å². The first-order valence-corrected chi connectivity index (χ1v) is 12.1. The van der Waals surface area contributed by atoms with Crippen molar-refractivity contribution in [2.24, 2.45) is 0 Å². The van der Waals surface area contributed by atoms with Gasteiger partial charge in [-0.1, -0.05) is 78.5 Å². The highest BCUT2D eigenvalue weighted by Crippen LogP contribution is 2.27. The molecule has 3 aromatic carbocycles. The Bertz CT molecular complexity index is 1390. The number of nitrogens with one attached hydrogen (secondary N) is 1. The van der Waals surface area contributed by atoms with Gasteiger partial charge in [-0.25, -0.2) is 4.98 Å². The maximum atomic E-state index is 13.0. The topological polar surface area (TPSA) is 68.3 Å². The molecule has 1 amide bonds. The second-order valence-corrected chi connectivity index (χ2v) is 9.06. The van der Waals surface area contributed by atoms with Gasteiger partial charge < -0.3 is 14.2 Å². The Morgan fingerprint density at radius 3 is 2.50 bits per heavy atom. The van der Waals surface area contributed by atoms with Gasteiger partial charge in [0.15, 0.2) is 11.3 Å². The molecule has 2 aromatic heterocycles. The maximum absolute atomic E-state index is 13.0. The number of rotatable bonds is 8. The molecular weight excluding hydrogens is 444 g/mol. The minimum absolute atomic E-state index is 0.165. The predicted octanol–water partition coefficient (Wildman–Crippen LogP) is 6.74. The van der Waals surface area contributed by atoms with E-state index in [-0.39, 0.29) is 17.7 Å². The number of aryl methyl sites for hydroxylation is 1. The molecule has 0 saturated carbocycles. The monoisotopic (exact) mass is 468 g/mol. The van der Waals surface area contributed by atoms with Crippen molar-refractivity contribution in [3.05, 3.63) is 119 Å². The van der Waals surface area contributed by atoms with Crippen molar-refractivity contribution in [3.63, 3.8) is 0 Å². The molecule has 0 fully saturated rings. The molecule has 2 heterocycles. The van der Waals surface area contributed by atoms with E-state index in [1.807, 2.05) is 79.7 Å². The molecule has 0 aliphatic carbocycles. The third kappa shape index (κ3) is 5.24. The number of nitrogens with zero attached hydrogens (tertiary/aromatic N) is 1. The third-order valence-electron chi connectivity index (χ3n) is 5.54. The summed E-state index contributed by atoms with van der Waals surface area (Å²) in [4.78, 5) is 17.5. The second kappa shape index (κ2) is 10.0. The van der Waals surface area contributed by atoms with Gasteiger partial charge in [-0.05, 0) is 54.3 Å². The van der Waals surface area contributed by atoms with Crippen LogP contribution in [0, 0.1) is 6.92 Å². The molecule has 1 N–H and O–H groups in total. The van der Waals surface area contributed by atoms with E-state index < -0.39 is 0 Å². The largest absolute Gasteiger partial charge is 0.455 e. The van der Waals surface area contributed by atoms with Gasteiger partial charge in [0.05, 0.1) is 11.8 Å². The lowest BCUT2D eigenvalue weighted by Gasteiger charge is -2.19. The highest BCUT2D eigenvalue weighted by molar-refractivity contribution is 7.98. The van der Waals surface area contributed by atoms with Crippen LogP contribution in [0.25, 0.3) is 11.1 Å². The van der Waals surface area contributed by atoms with Crippen LogP contribution in [0.5, 0.6) is 0 Å². The van der Waals surface area contributed by atoms with Crippen molar-refractivity contribution < 1.29 is 13.6 Å². The average Bonchev–Trinajstić information content (AvgIpc) is 3.50. The first-order valence-electron chi connectivity index (χ1n) is 11.1. The zero-order valence-electron chi connectivity index (χ0n) is 18.7. The maximum Gasteiger partial charge on any atom is 0.287 e. The Kier molecular flexibility index (Phi) is 6.49. The van der Waals surface area contributed by atoms with Gasteiger partial charge in [-0.15, -0.1) is 0 Å². The van der Waals surface area contributed by atoms with Crippen LogP contribution in [-0.2, 0) is 12.2 Å². The lowest BCUT2D eigenvalue weighted by Crippen LogP contribution is -2.29. The summed E-state index contributed by atoms with van der Waals surface area (Å²) in [5.74, 6) is 1.26. The minimum atomic E-state index is -0.238. The highest BCUT2D eigenvalue weighted by Gasteiger charge is 2.19. The molecule has 5 aromatic rings. The van der Waals surface area contributed by atoms with Crippen LogP contribution >= 0.6 is 11.8 Å². The summed E-state index contributed by atoms with van der Waals surface area (Å²) in [5.41, 5.74) is 4.94. The summed E-state index contributed by atoms with van der Waals surface area (Å²) in [6.45, 7) is 2.03. The Morgan fingerprint density at radius 2 is 1.71 bits per heavy atom. The lowest BCUT2D eigenvalue weighted by molar-refractivity contribution is 0.0907. The number of fused-ring (bicyclic) bond motifs is 1. The van der Waals surface area contributed by atoms with E-state index in [9.17, 15) is 4.79 Å². The Morgan fingerprint density at radius 1 is 0.941 bits per heavy atom. The van der Waals surface area contributed by atoms with E-state index >= 15 is 0 Å². The fourth-order valence-electron chi connectivity index (χ4n) is 3.81. The van der Waals surface area contributed by atoms with Crippen molar-refractivity contribution in [2.45, 2.75) is 30.4 Å². The van der Waals surface area contributed by atoms with E-state index in [0.29, 0.717) is 23.2 Å². The molecule has 0 radical (unpaired) electrons. The summed E-state index contributed by atoms with van der Waals surface area (Å²) >= 11 is 1.44. The summed E-state index contributed by atoms with van der Waals surface area (Å²) in [6, 6.07) is 29.4. The van der Waals surface area contributed by atoms with Gasteiger partial charge in [0.25, 0.3) is 11.1 Å². The summed E-state index contributed by atoms with van der Waals surface area (Å²) in [7, 11) is 0. The molecule has 0 aliphatic heterocycles. The second-order valence-electron chi connectivity index (χ2n) is 8.13. The van der Waals surface area contributed by atoms with Crippen LogP contribution in [0.3, 0.4) is 0 Å². The normalized spacial score (nSPS) is 12.0. The number of furan rings is 1. The van der Waals surface area contributed by atoms with Crippen molar-refractivity contribution in [1.82, 2.24) is 10.3 Å². The Hall–Kier alpha value is -3.77. The molecule has 5 rings (SSSR count). The van der Waals surface area contributed by atoms with E-state index in [0.717, 1.165) is 27.8 Å². The van der Waals surface area contributed by atoms with Crippen LogP contribution in [0.15, 0.2) is 105 Å². The smallest absolute Gasteiger partial charge is 0.287 e. The van der Waals surface area contributed by atoms with Crippen molar-refractivity contribution in [1.29, 1.82) is 0 Å². The average molecular weight is 469 g/mol. The molecule has 6 heteroatoms. The number of benzene rings is 3. The van der Waals surface area contributed by atoms with Gasteiger partial charge in [0.2, 0.25) is 0 Å². The van der Waals surface area contributed by atoms with Gasteiger partial charge in [-0.3, -0.25) is 4.79 Å². The van der Waals surface area contributed by atoms with E-state index in [1.165, 1.54) is 11.8 Å². The van der Waals surface area contributed by atoms with Crippen LogP contribution in [-0.4, -0.2) is 10.9 Å². The fraction of sp³-hybridized carbons (Fsp3) is 0.143. The number of aromatic nitrogens is 1. The van der Waals surface area contributed by atoms with Gasteiger partial charge >= 0.3 is 0 Å². The quantitative estimate of drug-likeness (QED) is 0.256. The predicted molar refractivity (Wildman–Crippen MR) is 134 cm³/mol. The molecule has 34 heavy (non-hydrogen) atoms. The van der Waals surface area contributed by atoms with E-state index in [1.54, 1.807) is 6.07 Å².